The van der Waals surface area contributed by atoms with Crippen molar-refractivity contribution in [2.45, 2.75) is 19.3 Å². The van der Waals surface area contributed by atoms with Crippen LogP contribution in [0.3, 0.4) is 0 Å². The van der Waals surface area contributed by atoms with E-state index in [4.69, 9.17) is 4.74 Å². The zero-order chi connectivity index (χ0) is 23.4. The molecule has 2 heterocycles. The molecule has 0 saturated carbocycles. The number of carbonyl (C=O) groups is 1. The maximum absolute atomic E-state index is 13.7. The van der Waals surface area contributed by atoms with Crippen LogP contribution in [0, 0.1) is 5.82 Å². The molecule has 11 heteroatoms. The highest BCUT2D eigenvalue weighted by Crippen LogP contribution is 2.32. The van der Waals surface area contributed by atoms with Crippen molar-refractivity contribution in [2.75, 3.05) is 26.3 Å². The van der Waals surface area contributed by atoms with E-state index in [-0.39, 0.29) is 12.2 Å². The third kappa shape index (κ3) is 5.55. The van der Waals surface area contributed by atoms with Crippen LogP contribution in [0.2, 0.25) is 0 Å². The van der Waals surface area contributed by atoms with E-state index in [9.17, 15) is 22.4 Å². The number of carbonyl (C=O) groups excluding carboxylic acids is 1. The third-order valence-electron chi connectivity index (χ3n) is 5.18. The molecular formula is C22H21F4N5O2. The van der Waals surface area contributed by atoms with Gasteiger partial charge in [-0.1, -0.05) is 29.5 Å². The second-order valence-corrected chi connectivity index (χ2v) is 7.56. The molecule has 1 fully saturated rings. The molecule has 1 N–H and O–H groups in total. The van der Waals surface area contributed by atoms with Crippen molar-refractivity contribution >= 4 is 5.91 Å². The molecule has 0 bridgehead atoms. The van der Waals surface area contributed by atoms with E-state index in [2.05, 4.69) is 20.5 Å². The summed E-state index contributed by atoms with van der Waals surface area (Å²) in [5.41, 5.74) is -0.467. The summed E-state index contributed by atoms with van der Waals surface area (Å²) in [6.45, 7) is 3.74. The number of alkyl halides is 3. The average molecular weight is 463 g/mol. The van der Waals surface area contributed by atoms with E-state index < -0.39 is 29.3 Å². The molecule has 0 atom stereocenters. The van der Waals surface area contributed by atoms with Gasteiger partial charge in [0.15, 0.2) is 11.4 Å². The number of rotatable bonds is 6. The minimum atomic E-state index is -4.90. The molecule has 174 valence electrons. The van der Waals surface area contributed by atoms with Crippen LogP contribution in [-0.2, 0) is 24.0 Å². The number of halogens is 4. The fraction of sp³-hybridized carbons (Fsp3) is 0.318. The molecule has 1 aliphatic rings. The van der Waals surface area contributed by atoms with Crippen LogP contribution in [0.4, 0.5) is 17.6 Å². The van der Waals surface area contributed by atoms with Crippen molar-refractivity contribution < 1.29 is 27.1 Å². The van der Waals surface area contributed by atoms with Crippen molar-refractivity contribution in [3.05, 3.63) is 76.9 Å². The van der Waals surface area contributed by atoms with E-state index >= 15 is 0 Å². The molecule has 0 unspecified atom stereocenters. The molecule has 0 spiro atoms. The Balaban J connectivity index is 1.49. The Kier molecular flexibility index (Phi) is 6.70. The lowest BCUT2D eigenvalue weighted by Gasteiger charge is -2.26. The topological polar surface area (TPSA) is 72.3 Å². The van der Waals surface area contributed by atoms with Gasteiger partial charge in [0.2, 0.25) is 0 Å². The van der Waals surface area contributed by atoms with Gasteiger partial charge < -0.3 is 10.1 Å². The van der Waals surface area contributed by atoms with Crippen LogP contribution in [0.25, 0.3) is 5.69 Å². The van der Waals surface area contributed by atoms with Crippen LogP contribution < -0.4 is 5.32 Å². The molecule has 7 nitrogen and oxygen atoms in total. The molecule has 2 aromatic carbocycles. The lowest BCUT2D eigenvalue weighted by atomic mass is 10.1. The van der Waals surface area contributed by atoms with E-state index in [1.54, 1.807) is 6.07 Å². The number of ether oxygens (including phenoxy) is 1. The Hall–Kier alpha value is -3.31. The Morgan fingerprint density at radius 3 is 2.45 bits per heavy atom. The van der Waals surface area contributed by atoms with Crippen molar-refractivity contribution in [3.8, 4) is 5.69 Å². The second-order valence-electron chi connectivity index (χ2n) is 7.56. The van der Waals surface area contributed by atoms with Gasteiger partial charge in [0.1, 0.15) is 5.82 Å². The molecule has 4 rings (SSSR count). The molecule has 0 aliphatic carbocycles. The third-order valence-corrected chi connectivity index (χ3v) is 5.18. The van der Waals surface area contributed by atoms with Gasteiger partial charge in [-0.3, -0.25) is 9.69 Å². The molecule has 1 aliphatic heterocycles. The first-order valence-corrected chi connectivity index (χ1v) is 10.3. The quantitative estimate of drug-likeness (QED) is 0.569. The summed E-state index contributed by atoms with van der Waals surface area (Å²) in [7, 11) is 0. The number of benzene rings is 2. The van der Waals surface area contributed by atoms with Crippen LogP contribution in [0.15, 0.2) is 48.5 Å². The molecule has 3 aromatic rings. The second kappa shape index (κ2) is 9.67. The Morgan fingerprint density at radius 2 is 1.76 bits per heavy atom. The number of hydrogen-bond acceptors (Lipinski definition) is 5. The van der Waals surface area contributed by atoms with Gasteiger partial charge in [-0.15, -0.1) is 5.10 Å². The van der Waals surface area contributed by atoms with Crippen LogP contribution >= 0.6 is 0 Å². The minimum Gasteiger partial charge on any atom is -0.379 e. The predicted molar refractivity (Wildman–Crippen MR) is 110 cm³/mol. The van der Waals surface area contributed by atoms with Gasteiger partial charge in [0.05, 0.1) is 18.9 Å². The van der Waals surface area contributed by atoms with Gasteiger partial charge in [-0.25, -0.2) is 9.07 Å². The molecule has 1 aromatic heterocycles. The number of aromatic nitrogens is 3. The summed E-state index contributed by atoms with van der Waals surface area (Å²) in [6.07, 6.45) is -4.90. The fourth-order valence-corrected chi connectivity index (χ4v) is 3.57. The number of hydrogen-bond donors (Lipinski definition) is 1. The maximum Gasteiger partial charge on any atom is 0.435 e. The van der Waals surface area contributed by atoms with Crippen molar-refractivity contribution in [1.82, 2.24) is 25.2 Å². The largest absolute Gasteiger partial charge is 0.435 e. The van der Waals surface area contributed by atoms with Crippen LogP contribution in [0.5, 0.6) is 0 Å². The highest BCUT2D eigenvalue weighted by molar-refractivity contribution is 5.93. The normalized spacial score (nSPS) is 14.9. The van der Waals surface area contributed by atoms with Gasteiger partial charge in [-0.05, 0) is 35.4 Å². The lowest BCUT2D eigenvalue weighted by Crippen LogP contribution is -2.35. The zero-order valence-electron chi connectivity index (χ0n) is 17.5. The average Bonchev–Trinajstić information content (AvgIpc) is 3.25. The van der Waals surface area contributed by atoms with Gasteiger partial charge in [0, 0.05) is 26.2 Å². The highest BCUT2D eigenvalue weighted by Gasteiger charge is 2.42. The number of amides is 1. The summed E-state index contributed by atoms with van der Waals surface area (Å²) in [6, 6.07) is 11.7. The smallest absolute Gasteiger partial charge is 0.379 e. The molecule has 1 saturated heterocycles. The summed E-state index contributed by atoms with van der Waals surface area (Å²) in [5.74, 6) is -1.62. The molecule has 0 radical (unpaired) electrons. The van der Waals surface area contributed by atoms with Crippen LogP contribution in [-0.4, -0.2) is 52.1 Å². The summed E-state index contributed by atoms with van der Waals surface area (Å²) in [4.78, 5) is 14.8. The van der Waals surface area contributed by atoms with Gasteiger partial charge in [0.25, 0.3) is 5.91 Å². The van der Waals surface area contributed by atoms with E-state index in [0.717, 1.165) is 55.0 Å². The number of nitrogens with zero attached hydrogens (tertiary/aromatic N) is 4. The Morgan fingerprint density at radius 1 is 1.06 bits per heavy atom. The van der Waals surface area contributed by atoms with Crippen molar-refractivity contribution in [3.63, 3.8) is 0 Å². The molecule has 33 heavy (non-hydrogen) atoms. The first kappa shape index (κ1) is 22.9. The Labute approximate surface area is 187 Å². The molecular weight excluding hydrogens is 442 g/mol. The molecule has 1 amide bonds. The summed E-state index contributed by atoms with van der Waals surface area (Å²) < 4.78 is 60.2. The SMILES string of the molecule is O=C(NCc1cccc(CN2CCOCC2)c1)c1nnn(-c2ccc(F)cc2)c1C(F)(F)F. The monoisotopic (exact) mass is 463 g/mol. The van der Waals surface area contributed by atoms with E-state index in [1.807, 2.05) is 18.2 Å². The number of nitrogens with one attached hydrogen (secondary N) is 1. The Bertz CT molecular complexity index is 1110. The number of morpholine rings is 1. The predicted octanol–water partition coefficient (Wildman–Crippen LogP) is 3.19. The maximum atomic E-state index is 13.7. The first-order chi connectivity index (χ1) is 15.8. The summed E-state index contributed by atoms with van der Waals surface area (Å²) in [5, 5.41) is 9.43. The van der Waals surface area contributed by atoms with Gasteiger partial charge in [-0.2, -0.15) is 13.2 Å². The van der Waals surface area contributed by atoms with Crippen LogP contribution in [0.1, 0.15) is 27.3 Å². The van der Waals surface area contributed by atoms with Gasteiger partial charge >= 0.3 is 6.18 Å². The van der Waals surface area contributed by atoms with Crippen molar-refractivity contribution in [2.24, 2.45) is 0 Å². The minimum absolute atomic E-state index is 0.0243. The van der Waals surface area contributed by atoms with E-state index in [0.29, 0.717) is 17.9 Å². The zero-order valence-corrected chi connectivity index (χ0v) is 17.5. The first-order valence-electron chi connectivity index (χ1n) is 10.3. The highest BCUT2D eigenvalue weighted by atomic mass is 19.4. The summed E-state index contributed by atoms with van der Waals surface area (Å²) >= 11 is 0. The fourth-order valence-electron chi connectivity index (χ4n) is 3.57. The lowest BCUT2D eigenvalue weighted by molar-refractivity contribution is -0.143. The standard InChI is InChI=1S/C22H21F4N5O2/c23-17-4-6-18(7-5-17)31-20(22(24,25)26)19(28-29-31)21(32)27-13-15-2-1-3-16(12-15)14-30-8-10-33-11-9-30/h1-7,12H,8-11,13-14H2,(H,27,32). The van der Waals surface area contributed by atoms with Crippen molar-refractivity contribution in [1.29, 1.82) is 0 Å². The van der Waals surface area contributed by atoms with E-state index in [1.165, 1.54) is 0 Å².